The van der Waals surface area contributed by atoms with Crippen molar-refractivity contribution >= 4 is 21.8 Å². The van der Waals surface area contributed by atoms with Crippen LogP contribution >= 0.6 is 0 Å². The lowest BCUT2D eigenvalue weighted by Gasteiger charge is -2.21. The minimum Gasteiger partial charge on any atom is -0.354 e. The average molecular weight is 591 g/mol. The SMILES string of the molecule is CC1(C)c2ccccc2-c2cc3c(cc21)[nH]c1cccc(-c2cccc(-c4nc(-c5ccccc5)nc(-c5ccccc5)n4)c2)c13. The second-order valence-electron chi connectivity index (χ2n) is 12.6. The fourth-order valence-corrected chi connectivity index (χ4v) is 7.15. The van der Waals surface area contributed by atoms with Gasteiger partial charge in [-0.25, -0.2) is 15.0 Å². The molecule has 0 spiro atoms. The number of hydrogen-bond acceptors (Lipinski definition) is 3. The van der Waals surface area contributed by atoms with Crippen LogP contribution in [0.25, 0.3) is 78.2 Å². The molecule has 0 aliphatic heterocycles. The number of fused-ring (bicyclic) bond motifs is 6. The zero-order chi connectivity index (χ0) is 30.8. The molecule has 0 fully saturated rings. The minimum absolute atomic E-state index is 0.0453. The Bertz CT molecular complexity index is 2380. The summed E-state index contributed by atoms with van der Waals surface area (Å²) in [4.78, 5) is 18.6. The van der Waals surface area contributed by atoms with Gasteiger partial charge >= 0.3 is 0 Å². The Labute approximate surface area is 267 Å². The molecule has 4 heteroatoms. The summed E-state index contributed by atoms with van der Waals surface area (Å²) >= 11 is 0. The maximum atomic E-state index is 4.98. The highest BCUT2D eigenvalue weighted by molar-refractivity contribution is 6.16. The normalized spacial score (nSPS) is 13.2. The van der Waals surface area contributed by atoms with Crippen molar-refractivity contribution in [1.29, 1.82) is 0 Å². The number of nitrogens with one attached hydrogen (secondary N) is 1. The summed E-state index contributed by atoms with van der Waals surface area (Å²) in [5.74, 6) is 1.97. The first kappa shape index (κ1) is 26.5. The van der Waals surface area contributed by atoms with E-state index in [-0.39, 0.29) is 5.41 Å². The zero-order valence-corrected chi connectivity index (χ0v) is 25.6. The molecular weight excluding hydrogens is 560 g/mol. The molecule has 2 aromatic heterocycles. The molecule has 0 bridgehead atoms. The van der Waals surface area contributed by atoms with Crippen LogP contribution in [-0.4, -0.2) is 19.9 Å². The lowest BCUT2D eigenvalue weighted by Crippen LogP contribution is -2.14. The Kier molecular flexibility index (Phi) is 5.81. The van der Waals surface area contributed by atoms with E-state index in [0.717, 1.165) is 33.3 Å². The molecule has 6 aromatic carbocycles. The molecule has 0 radical (unpaired) electrons. The molecule has 46 heavy (non-hydrogen) atoms. The van der Waals surface area contributed by atoms with E-state index in [1.54, 1.807) is 0 Å². The summed E-state index contributed by atoms with van der Waals surface area (Å²) in [6.45, 7) is 4.66. The first-order valence-corrected chi connectivity index (χ1v) is 15.7. The van der Waals surface area contributed by atoms with Crippen LogP contribution in [0, 0.1) is 0 Å². The van der Waals surface area contributed by atoms with E-state index in [0.29, 0.717) is 17.5 Å². The highest BCUT2D eigenvalue weighted by atomic mass is 15.0. The molecule has 1 aliphatic rings. The second-order valence-corrected chi connectivity index (χ2v) is 12.6. The number of aromatic amines is 1. The molecule has 218 valence electrons. The van der Waals surface area contributed by atoms with E-state index in [4.69, 9.17) is 15.0 Å². The molecule has 1 aliphatic carbocycles. The molecule has 2 heterocycles. The van der Waals surface area contributed by atoms with Crippen LogP contribution in [0.15, 0.2) is 140 Å². The van der Waals surface area contributed by atoms with Crippen LogP contribution in [0.2, 0.25) is 0 Å². The standard InChI is InChI=1S/C42H30N4/c1-42(2)34-21-10-9-19-31(34)32-24-33-37(25-35(32)42)43-36-22-12-20-30(38(33)36)28-17-11-18-29(23-28)41-45-39(26-13-5-3-6-14-26)44-40(46-41)27-15-7-4-8-16-27/h3-25,43H,1-2H3. The maximum absolute atomic E-state index is 4.98. The fourth-order valence-electron chi connectivity index (χ4n) is 7.15. The largest absolute Gasteiger partial charge is 0.354 e. The van der Waals surface area contributed by atoms with Gasteiger partial charge in [0.15, 0.2) is 17.5 Å². The van der Waals surface area contributed by atoms with Gasteiger partial charge < -0.3 is 4.98 Å². The third kappa shape index (κ3) is 4.11. The van der Waals surface area contributed by atoms with Crippen LogP contribution in [-0.2, 0) is 5.41 Å². The number of nitrogens with zero attached hydrogens (tertiary/aromatic N) is 3. The van der Waals surface area contributed by atoms with Crippen molar-refractivity contribution in [3.8, 4) is 56.4 Å². The number of aromatic nitrogens is 4. The van der Waals surface area contributed by atoms with Gasteiger partial charge in [0.05, 0.1) is 0 Å². The summed E-state index contributed by atoms with van der Waals surface area (Å²) in [7, 11) is 0. The Morgan fingerprint density at radius 2 is 1.00 bits per heavy atom. The van der Waals surface area contributed by atoms with Crippen molar-refractivity contribution in [1.82, 2.24) is 19.9 Å². The van der Waals surface area contributed by atoms with E-state index in [9.17, 15) is 0 Å². The van der Waals surface area contributed by atoms with Gasteiger partial charge in [-0.2, -0.15) is 0 Å². The molecule has 0 atom stereocenters. The quantitative estimate of drug-likeness (QED) is 0.222. The molecule has 9 rings (SSSR count). The monoisotopic (exact) mass is 590 g/mol. The van der Waals surface area contributed by atoms with Gasteiger partial charge in [-0.05, 0) is 57.6 Å². The molecule has 0 saturated carbocycles. The third-order valence-electron chi connectivity index (χ3n) is 9.46. The van der Waals surface area contributed by atoms with E-state index in [1.807, 2.05) is 60.7 Å². The summed E-state index contributed by atoms with van der Waals surface area (Å²) in [5.41, 5.74) is 12.8. The third-order valence-corrected chi connectivity index (χ3v) is 9.46. The van der Waals surface area contributed by atoms with E-state index in [1.165, 1.54) is 38.6 Å². The first-order valence-electron chi connectivity index (χ1n) is 15.7. The summed E-state index contributed by atoms with van der Waals surface area (Å²) in [6.07, 6.45) is 0. The Morgan fingerprint density at radius 1 is 0.435 bits per heavy atom. The van der Waals surface area contributed by atoms with Gasteiger partial charge in [0, 0.05) is 43.9 Å². The van der Waals surface area contributed by atoms with Crippen LogP contribution in [0.4, 0.5) is 0 Å². The van der Waals surface area contributed by atoms with Gasteiger partial charge in [0.1, 0.15) is 0 Å². The van der Waals surface area contributed by atoms with Crippen molar-refractivity contribution in [2.75, 3.05) is 0 Å². The minimum atomic E-state index is -0.0453. The van der Waals surface area contributed by atoms with E-state index >= 15 is 0 Å². The van der Waals surface area contributed by atoms with Crippen molar-refractivity contribution in [3.63, 3.8) is 0 Å². The van der Waals surface area contributed by atoms with Crippen molar-refractivity contribution in [2.24, 2.45) is 0 Å². The second kappa shape index (κ2) is 10.1. The zero-order valence-electron chi connectivity index (χ0n) is 25.6. The van der Waals surface area contributed by atoms with E-state index in [2.05, 4.69) is 97.7 Å². The Balaban J connectivity index is 1.22. The van der Waals surface area contributed by atoms with Crippen molar-refractivity contribution in [2.45, 2.75) is 19.3 Å². The summed E-state index contributed by atoms with van der Waals surface area (Å²) in [5, 5.41) is 2.46. The number of rotatable bonds is 4. The Hall–Kier alpha value is -5.87. The Morgan fingerprint density at radius 3 is 1.72 bits per heavy atom. The highest BCUT2D eigenvalue weighted by Gasteiger charge is 2.35. The maximum Gasteiger partial charge on any atom is 0.164 e. The van der Waals surface area contributed by atoms with Crippen LogP contribution in [0.1, 0.15) is 25.0 Å². The van der Waals surface area contributed by atoms with E-state index < -0.39 is 0 Å². The van der Waals surface area contributed by atoms with Gasteiger partial charge in [-0.1, -0.05) is 129 Å². The molecule has 1 N–H and O–H groups in total. The van der Waals surface area contributed by atoms with Gasteiger partial charge in [-0.15, -0.1) is 0 Å². The predicted molar refractivity (Wildman–Crippen MR) is 188 cm³/mol. The fraction of sp³-hybridized carbons (Fsp3) is 0.0714. The van der Waals surface area contributed by atoms with Gasteiger partial charge in [0.25, 0.3) is 0 Å². The van der Waals surface area contributed by atoms with Crippen LogP contribution in [0.3, 0.4) is 0 Å². The predicted octanol–water partition coefficient (Wildman–Crippen LogP) is 10.5. The van der Waals surface area contributed by atoms with Crippen LogP contribution in [0.5, 0.6) is 0 Å². The van der Waals surface area contributed by atoms with Crippen molar-refractivity contribution in [3.05, 3.63) is 151 Å². The molecule has 0 amide bonds. The topological polar surface area (TPSA) is 54.5 Å². The number of benzene rings is 6. The van der Waals surface area contributed by atoms with Gasteiger partial charge in [0.2, 0.25) is 0 Å². The average Bonchev–Trinajstić information content (AvgIpc) is 3.59. The summed E-state index contributed by atoms with van der Waals surface area (Å²) in [6, 6.07) is 48.9. The molecule has 8 aromatic rings. The molecule has 4 nitrogen and oxygen atoms in total. The lowest BCUT2D eigenvalue weighted by molar-refractivity contribution is 0.661. The van der Waals surface area contributed by atoms with Crippen molar-refractivity contribution < 1.29 is 0 Å². The first-order chi connectivity index (χ1) is 22.5. The smallest absolute Gasteiger partial charge is 0.164 e. The van der Waals surface area contributed by atoms with Crippen LogP contribution < -0.4 is 0 Å². The molecule has 0 saturated heterocycles. The highest BCUT2D eigenvalue weighted by Crippen LogP contribution is 2.50. The van der Waals surface area contributed by atoms with Gasteiger partial charge in [-0.3, -0.25) is 0 Å². The number of H-pyrrole nitrogens is 1. The number of hydrogen-bond donors (Lipinski definition) is 1. The molecule has 0 unspecified atom stereocenters. The molecular formula is C42H30N4. The summed E-state index contributed by atoms with van der Waals surface area (Å²) < 4.78 is 0. The lowest BCUT2D eigenvalue weighted by atomic mass is 9.82.